The van der Waals surface area contributed by atoms with Gasteiger partial charge in [-0.1, -0.05) is 117 Å². The Kier molecular flexibility index (Phi) is 7.05. The molecular weight excluding hydrogens is 593 g/mol. The van der Waals surface area contributed by atoms with Crippen LogP contribution in [0.15, 0.2) is 151 Å². The number of nitrogens with zero attached hydrogens (tertiary/aromatic N) is 2. The van der Waals surface area contributed by atoms with Crippen molar-refractivity contribution in [1.29, 1.82) is 0 Å². The monoisotopic (exact) mass is 628 g/mol. The molecule has 0 fully saturated rings. The van der Waals surface area contributed by atoms with Gasteiger partial charge >= 0.3 is 0 Å². The van der Waals surface area contributed by atoms with Gasteiger partial charge in [-0.15, -0.1) is 0 Å². The highest BCUT2D eigenvalue weighted by molar-refractivity contribution is 7.59. The standard InChI is InChI=1S/C42H34N4.H2S/c1-42(2)35-19-11-9-17-31(35)33-26-38-34(25-36(33)42)32-18-10-12-20-37(32)46(38)30-23-21-29(22-24-30)41-44-39(27-13-5-3-6-14-27)43-40(45-41)28-15-7-4-8-16-28;/h3-26,39-40,43H,1-2H3,(H,44,45);1H2. The van der Waals surface area contributed by atoms with Gasteiger partial charge in [-0.05, 0) is 75.8 Å². The van der Waals surface area contributed by atoms with Crippen molar-refractivity contribution in [2.45, 2.75) is 31.6 Å². The van der Waals surface area contributed by atoms with Crippen molar-refractivity contribution in [3.8, 4) is 16.8 Å². The summed E-state index contributed by atoms with van der Waals surface area (Å²) < 4.78 is 2.42. The van der Waals surface area contributed by atoms with E-state index >= 15 is 0 Å². The molecule has 1 aromatic heterocycles. The van der Waals surface area contributed by atoms with Crippen LogP contribution in [-0.2, 0) is 5.41 Å². The predicted octanol–water partition coefficient (Wildman–Crippen LogP) is 9.54. The van der Waals surface area contributed by atoms with Crippen LogP contribution in [0.4, 0.5) is 0 Å². The van der Waals surface area contributed by atoms with Gasteiger partial charge in [-0.3, -0.25) is 5.32 Å². The first-order valence-corrected chi connectivity index (χ1v) is 16.0. The molecule has 47 heavy (non-hydrogen) atoms. The SMILES string of the molecule is CC1(C)c2ccccc2-c2cc3c(cc21)c1ccccc1n3-c1ccc(C2=NC(c3ccccc3)NC(c3ccccc3)N2)cc1.S. The summed E-state index contributed by atoms with van der Waals surface area (Å²) in [5, 5.41) is 9.93. The third kappa shape index (κ3) is 4.69. The summed E-state index contributed by atoms with van der Waals surface area (Å²) >= 11 is 0. The van der Waals surface area contributed by atoms with Crippen LogP contribution in [0.1, 0.15) is 54.0 Å². The van der Waals surface area contributed by atoms with Gasteiger partial charge in [-0.25, -0.2) is 4.99 Å². The fraction of sp³-hybridized carbons (Fsp3) is 0.119. The van der Waals surface area contributed by atoms with E-state index < -0.39 is 0 Å². The third-order valence-electron chi connectivity index (χ3n) is 9.89. The van der Waals surface area contributed by atoms with Crippen molar-refractivity contribution in [1.82, 2.24) is 15.2 Å². The van der Waals surface area contributed by atoms with Crippen LogP contribution in [0.25, 0.3) is 38.6 Å². The molecule has 2 heterocycles. The van der Waals surface area contributed by atoms with Gasteiger partial charge < -0.3 is 9.88 Å². The maximum absolute atomic E-state index is 5.15. The summed E-state index contributed by atoms with van der Waals surface area (Å²) in [7, 11) is 0. The Hall–Kier alpha value is -5.10. The van der Waals surface area contributed by atoms with E-state index in [0.717, 1.165) is 22.6 Å². The first kappa shape index (κ1) is 29.3. The van der Waals surface area contributed by atoms with Gasteiger partial charge in [0.1, 0.15) is 18.2 Å². The largest absolute Gasteiger partial charge is 0.350 e. The van der Waals surface area contributed by atoms with E-state index in [2.05, 4.69) is 169 Å². The number of amidine groups is 1. The minimum absolute atomic E-state index is 0. The number of hydrogen-bond acceptors (Lipinski definition) is 3. The average Bonchev–Trinajstić information content (AvgIpc) is 3.56. The topological polar surface area (TPSA) is 41.4 Å². The molecule has 0 bridgehead atoms. The smallest absolute Gasteiger partial charge is 0.131 e. The van der Waals surface area contributed by atoms with Gasteiger partial charge in [0.2, 0.25) is 0 Å². The maximum Gasteiger partial charge on any atom is 0.131 e. The minimum atomic E-state index is -0.158. The highest BCUT2D eigenvalue weighted by Crippen LogP contribution is 2.50. The molecule has 1 aliphatic carbocycles. The Balaban J connectivity index is 0.00000324. The maximum atomic E-state index is 5.15. The third-order valence-corrected chi connectivity index (χ3v) is 9.89. The zero-order chi connectivity index (χ0) is 30.8. The van der Waals surface area contributed by atoms with Gasteiger partial charge in [0.25, 0.3) is 0 Å². The summed E-state index contributed by atoms with van der Waals surface area (Å²) in [4.78, 5) is 5.15. The number of aromatic nitrogens is 1. The average molecular weight is 629 g/mol. The van der Waals surface area contributed by atoms with Gasteiger partial charge in [-0.2, -0.15) is 13.5 Å². The van der Waals surface area contributed by atoms with E-state index in [9.17, 15) is 0 Å². The van der Waals surface area contributed by atoms with Gasteiger partial charge in [0.15, 0.2) is 0 Å². The van der Waals surface area contributed by atoms with E-state index in [1.165, 1.54) is 49.6 Å². The highest BCUT2D eigenvalue weighted by atomic mass is 32.1. The Morgan fingerprint density at radius 3 is 2.02 bits per heavy atom. The lowest BCUT2D eigenvalue weighted by molar-refractivity contribution is 0.409. The summed E-state index contributed by atoms with van der Waals surface area (Å²) in [5.41, 5.74) is 12.4. The zero-order valence-corrected chi connectivity index (χ0v) is 27.4. The van der Waals surface area contributed by atoms with Crippen LogP contribution < -0.4 is 10.6 Å². The molecule has 1 aliphatic heterocycles. The lowest BCUT2D eigenvalue weighted by atomic mass is 9.82. The first-order valence-electron chi connectivity index (χ1n) is 16.0. The van der Waals surface area contributed by atoms with Crippen molar-refractivity contribution >= 4 is 41.1 Å². The van der Waals surface area contributed by atoms with Crippen molar-refractivity contribution in [2.24, 2.45) is 4.99 Å². The van der Waals surface area contributed by atoms with Crippen LogP contribution >= 0.6 is 13.5 Å². The number of aliphatic imine (C=N–C) groups is 1. The Morgan fingerprint density at radius 1 is 0.596 bits per heavy atom. The van der Waals surface area contributed by atoms with Crippen LogP contribution in [0.3, 0.4) is 0 Å². The van der Waals surface area contributed by atoms with Crippen LogP contribution in [-0.4, -0.2) is 10.4 Å². The van der Waals surface area contributed by atoms with E-state index in [-0.39, 0.29) is 31.2 Å². The number of nitrogens with one attached hydrogen (secondary N) is 2. The summed E-state index contributed by atoms with van der Waals surface area (Å²) in [6.07, 6.45) is -0.223. The number of rotatable bonds is 4. The molecule has 6 aromatic carbocycles. The van der Waals surface area contributed by atoms with Crippen LogP contribution in [0.5, 0.6) is 0 Å². The first-order chi connectivity index (χ1) is 22.6. The number of benzene rings is 6. The molecule has 5 heteroatoms. The van der Waals surface area contributed by atoms with Crippen LogP contribution in [0, 0.1) is 0 Å². The van der Waals surface area contributed by atoms with Crippen molar-refractivity contribution in [3.05, 3.63) is 173 Å². The molecule has 0 spiro atoms. The molecule has 0 saturated carbocycles. The molecule has 2 atom stereocenters. The normalized spacial score (nSPS) is 17.8. The summed E-state index contributed by atoms with van der Waals surface area (Å²) in [6.45, 7) is 4.70. The predicted molar refractivity (Wildman–Crippen MR) is 200 cm³/mol. The second kappa shape index (κ2) is 11.3. The molecule has 7 aromatic rings. The van der Waals surface area contributed by atoms with E-state index in [0.29, 0.717) is 0 Å². The van der Waals surface area contributed by atoms with Crippen molar-refractivity contribution < 1.29 is 0 Å². The second-order valence-electron chi connectivity index (χ2n) is 12.9. The summed E-state index contributed by atoms with van der Waals surface area (Å²) in [6, 6.07) is 52.3. The van der Waals surface area contributed by atoms with Gasteiger partial charge in [0, 0.05) is 27.4 Å². The fourth-order valence-corrected chi connectivity index (χ4v) is 7.54. The Bertz CT molecular complexity index is 2290. The molecule has 2 unspecified atom stereocenters. The molecule has 2 aliphatic rings. The van der Waals surface area contributed by atoms with E-state index in [4.69, 9.17) is 4.99 Å². The Morgan fingerprint density at radius 2 is 1.26 bits per heavy atom. The lowest BCUT2D eigenvalue weighted by Crippen LogP contribution is -2.44. The van der Waals surface area contributed by atoms with Crippen molar-refractivity contribution in [2.75, 3.05) is 0 Å². The second-order valence-corrected chi connectivity index (χ2v) is 12.9. The Labute approximate surface area is 282 Å². The number of hydrogen-bond donors (Lipinski definition) is 2. The minimum Gasteiger partial charge on any atom is -0.350 e. The molecule has 0 saturated heterocycles. The molecular formula is C42H36N4S. The number of fused-ring (bicyclic) bond motifs is 6. The molecule has 230 valence electrons. The lowest BCUT2D eigenvalue weighted by Gasteiger charge is -2.32. The van der Waals surface area contributed by atoms with E-state index in [1.807, 2.05) is 6.07 Å². The molecule has 0 amide bonds. The van der Waals surface area contributed by atoms with Crippen LogP contribution in [0.2, 0.25) is 0 Å². The fourth-order valence-electron chi connectivity index (χ4n) is 7.54. The molecule has 2 N–H and O–H groups in total. The van der Waals surface area contributed by atoms with Crippen molar-refractivity contribution in [3.63, 3.8) is 0 Å². The zero-order valence-electron chi connectivity index (χ0n) is 26.4. The quantitative estimate of drug-likeness (QED) is 0.204. The van der Waals surface area contributed by atoms with E-state index in [1.54, 1.807) is 0 Å². The molecule has 0 radical (unpaired) electrons. The summed E-state index contributed by atoms with van der Waals surface area (Å²) in [5.74, 6) is 0.881. The molecule has 9 rings (SSSR count). The highest BCUT2D eigenvalue weighted by Gasteiger charge is 2.36. The molecule has 4 nitrogen and oxygen atoms in total. The van der Waals surface area contributed by atoms with Gasteiger partial charge in [0.05, 0.1) is 11.0 Å². The number of para-hydroxylation sites is 1.